The summed E-state index contributed by atoms with van der Waals surface area (Å²) in [6, 6.07) is 9.17. The fraction of sp³-hybridized carbons (Fsp3) is 0.250. The Morgan fingerprint density at radius 3 is 2.53 bits per heavy atom. The van der Waals surface area contributed by atoms with Gasteiger partial charge in [0.1, 0.15) is 12.0 Å². The lowest BCUT2D eigenvalue weighted by Gasteiger charge is -2.02. The highest BCUT2D eigenvalue weighted by Crippen LogP contribution is 2.36. The number of para-hydroxylation sites is 1. The van der Waals surface area contributed by atoms with Crippen molar-refractivity contribution < 1.29 is 14.6 Å². The number of rotatable bonds is 4. The summed E-state index contributed by atoms with van der Waals surface area (Å²) in [7, 11) is 0. The molecule has 0 radical (unpaired) electrons. The molecule has 0 spiro atoms. The molecule has 15 heavy (non-hydrogen) atoms. The number of hydrogen-bond acceptors (Lipinski definition) is 2. The summed E-state index contributed by atoms with van der Waals surface area (Å²) >= 11 is 0. The van der Waals surface area contributed by atoms with E-state index in [-0.39, 0.29) is 5.92 Å². The second-order valence-corrected chi connectivity index (χ2v) is 3.58. The van der Waals surface area contributed by atoms with Gasteiger partial charge in [0, 0.05) is 0 Å². The van der Waals surface area contributed by atoms with E-state index >= 15 is 0 Å². The third-order valence-electron chi connectivity index (χ3n) is 2.33. The summed E-state index contributed by atoms with van der Waals surface area (Å²) in [5, 5.41) is 8.91. The predicted molar refractivity (Wildman–Crippen MR) is 55.5 cm³/mol. The van der Waals surface area contributed by atoms with Crippen molar-refractivity contribution in [2.45, 2.75) is 12.8 Å². The van der Waals surface area contributed by atoms with Crippen molar-refractivity contribution in [3.8, 4) is 5.75 Å². The van der Waals surface area contributed by atoms with E-state index in [0.29, 0.717) is 11.3 Å². The minimum atomic E-state index is -0.881. The zero-order chi connectivity index (χ0) is 10.7. The number of hydrogen-bond donors (Lipinski definition) is 1. The fourth-order valence-corrected chi connectivity index (χ4v) is 1.35. The summed E-state index contributed by atoms with van der Waals surface area (Å²) in [6.07, 6.45) is 3.27. The minimum Gasteiger partial charge on any atom is -0.478 e. The fourth-order valence-electron chi connectivity index (χ4n) is 1.35. The molecule has 0 unspecified atom stereocenters. The summed E-state index contributed by atoms with van der Waals surface area (Å²) in [5.41, 5.74) is 0.374. The Morgan fingerprint density at radius 1 is 1.33 bits per heavy atom. The van der Waals surface area contributed by atoms with Gasteiger partial charge >= 0.3 is 5.97 Å². The second-order valence-electron chi connectivity index (χ2n) is 3.58. The molecule has 0 aromatic heterocycles. The van der Waals surface area contributed by atoms with Crippen LogP contribution < -0.4 is 4.74 Å². The van der Waals surface area contributed by atoms with E-state index in [0.717, 1.165) is 12.8 Å². The van der Waals surface area contributed by atoms with Crippen LogP contribution in [0.1, 0.15) is 12.8 Å². The first-order valence-electron chi connectivity index (χ1n) is 4.92. The molecule has 0 aliphatic heterocycles. The number of aliphatic carboxylic acids is 1. The van der Waals surface area contributed by atoms with Crippen LogP contribution in [0.4, 0.5) is 0 Å². The molecule has 78 valence electrons. The molecular formula is C12H12O3. The Bertz CT molecular complexity index is 377. The van der Waals surface area contributed by atoms with E-state index in [1.807, 2.05) is 18.2 Å². The van der Waals surface area contributed by atoms with E-state index < -0.39 is 5.97 Å². The number of carboxylic acids is 1. The van der Waals surface area contributed by atoms with Gasteiger partial charge in [0.15, 0.2) is 0 Å². The average molecular weight is 204 g/mol. The molecule has 3 heteroatoms. The molecule has 1 fully saturated rings. The van der Waals surface area contributed by atoms with Gasteiger partial charge in [-0.2, -0.15) is 0 Å². The molecule has 1 saturated carbocycles. The second kappa shape index (κ2) is 4.17. The van der Waals surface area contributed by atoms with Crippen LogP contribution in [-0.4, -0.2) is 11.1 Å². The van der Waals surface area contributed by atoms with Gasteiger partial charge in [-0.3, -0.25) is 0 Å². The Kier molecular flexibility index (Phi) is 2.72. The minimum absolute atomic E-state index is 0.186. The SMILES string of the molecule is O=C(O)C(=COc1ccccc1)C1CC1. The Balaban J connectivity index is 2.05. The van der Waals surface area contributed by atoms with E-state index in [1.54, 1.807) is 12.1 Å². The highest BCUT2D eigenvalue weighted by atomic mass is 16.5. The lowest BCUT2D eigenvalue weighted by atomic mass is 10.2. The van der Waals surface area contributed by atoms with Gasteiger partial charge in [0.2, 0.25) is 0 Å². The van der Waals surface area contributed by atoms with Crippen molar-refractivity contribution in [3.63, 3.8) is 0 Å². The highest BCUT2D eigenvalue weighted by Gasteiger charge is 2.30. The number of ether oxygens (including phenoxy) is 1. The summed E-state index contributed by atoms with van der Waals surface area (Å²) in [4.78, 5) is 10.9. The van der Waals surface area contributed by atoms with Crippen molar-refractivity contribution in [3.05, 3.63) is 42.2 Å². The standard InChI is InChI=1S/C12H12O3/c13-12(14)11(9-6-7-9)8-15-10-4-2-1-3-5-10/h1-5,8-9H,6-7H2,(H,13,14). The maximum Gasteiger partial charge on any atom is 0.334 e. The lowest BCUT2D eigenvalue weighted by Crippen LogP contribution is -2.04. The third-order valence-corrected chi connectivity index (χ3v) is 2.33. The molecule has 1 aromatic rings. The van der Waals surface area contributed by atoms with Crippen LogP contribution in [0.15, 0.2) is 42.2 Å². The molecule has 1 aliphatic carbocycles. The van der Waals surface area contributed by atoms with E-state index in [1.165, 1.54) is 6.26 Å². The van der Waals surface area contributed by atoms with Crippen LogP contribution >= 0.6 is 0 Å². The number of benzene rings is 1. The van der Waals surface area contributed by atoms with Crippen molar-refractivity contribution in [2.24, 2.45) is 5.92 Å². The molecule has 0 saturated heterocycles. The molecule has 3 nitrogen and oxygen atoms in total. The zero-order valence-electron chi connectivity index (χ0n) is 8.22. The van der Waals surface area contributed by atoms with Crippen LogP contribution in [0.5, 0.6) is 5.75 Å². The first-order chi connectivity index (χ1) is 7.27. The molecule has 1 aliphatic rings. The van der Waals surface area contributed by atoms with E-state index in [4.69, 9.17) is 9.84 Å². The molecule has 1 aromatic carbocycles. The van der Waals surface area contributed by atoms with E-state index in [2.05, 4.69) is 0 Å². The molecular weight excluding hydrogens is 192 g/mol. The summed E-state index contributed by atoms with van der Waals surface area (Å²) < 4.78 is 5.29. The smallest absolute Gasteiger partial charge is 0.334 e. The third kappa shape index (κ3) is 2.59. The first-order valence-corrected chi connectivity index (χ1v) is 4.92. The maximum absolute atomic E-state index is 10.9. The Morgan fingerprint density at radius 2 is 2.00 bits per heavy atom. The normalized spacial score (nSPS) is 16.1. The molecule has 0 heterocycles. The summed E-state index contributed by atoms with van der Waals surface area (Å²) in [6.45, 7) is 0. The van der Waals surface area contributed by atoms with Gasteiger partial charge < -0.3 is 9.84 Å². The quantitative estimate of drug-likeness (QED) is 0.605. The average Bonchev–Trinajstić information content (AvgIpc) is 3.03. The van der Waals surface area contributed by atoms with Gasteiger partial charge in [-0.1, -0.05) is 18.2 Å². The zero-order valence-corrected chi connectivity index (χ0v) is 8.22. The molecule has 0 bridgehead atoms. The van der Waals surface area contributed by atoms with Gasteiger partial charge in [0.25, 0.3) is 0 Å². The van der Waals surface area contributed by atoms with Crippen molar-refractivity contribution >= 4 is 5.97 Å². The Labute approximate surface area is 88.0 Å². The van der Waals surface area contributed by atoms with Crippen molar-refractivity contribution in [2.75, 3.05) is 0 Å². The lowest BCUT2D eigenvalue weighted by molar-refractivity contribution is -0.133. The number of carboxylic acid groups (broad SMARTS) is 1. The van der Waals surface area contributed by atoms with Crippen LogP contribution in [0, 0.1) is 5.92 Å². The van der Waals surface area contributed by atoms with Crippen molar-refractivity contribution in [1.29, 1.82) is 0 Å². The molecule has 2 rings (SSSR count). The van der Waals surface area contributed by atoms with Crippen LogP contribution in [0.3, 0.4) is 0 Å². The highest BCUT2D eigenvalue weighted by molar-refractivity contribution is 5.87. The van der Waals surface area contributed by atoms with Gasteiger partial charge in [-0.05, 0) is 30.9 Å². The number of carbonyl (C=O) groups is 1. The van der Waals surface area contributed by atoms with Crippen molar-refractivity contribution in [1.82, 2.24) is 0 Å². The largest absolute Gasteiger partial charge is 0.478 e. The van der Waals surface area contributed by atoms with Crippen LogP contribution in [-0.2, 0) is 4.79 Å². The topological polar surface area (TPSA) is 46.5 Å². The van der Waals surface area contributed by atoms with Gasteiger partial charge in [-0.25, -0.2) is 4.79 Å². The molecule has 0 amide bonds. The maximum atomic E-state index is 10.9. The van der Waals surface area contributed by atoms with Crippen LogP contribution in [0.25, 0.3) is 0 Å². The van der Waals surface area contributed by atoms with Gasteiger partial charge in [0.05, 0.1) is 5.57 Å². The predicted octanol–water partition coefficient (Wildman–Crippen LogP) is 2.44. The van der Waals surface area contributed by atoms with Gasteiger partial charge in [-0.15, -0.1) is 0 Å². The summed E-state index contributed by atoms with van der Waals surface area (Å²) in [5.74, 6) is -0.0310. The van der Waals surface area contributed by atoms with Crippen LogP contribution in [0.2, 0.25) is 0 Å². The molecule has 1 N–H and O–H groups in total. The molecule has 0 atom stereocenters. The monoisotopic (exact) mass is 204 g/mol. The van der Waals surface area contributed by atoms with E-state index in [9.17, 15) is 4.79 Å². The first kappa shape index (κ1) is 9.77. The Hall–Kier alpha value is -1.77.